The lowest BCUT2D eigenvalue weighted by atomic mass is 10.2. The van der Waals surface area contributed by atoms with E-state index >= 15 is 0 Å². The molecule has 1 saturated carbocycles. The summed E-state index contributed by atoms with van der Waals surface area (Å²) < 4.78 is 0. The Hall–Kier alpha value is -1.65. The van der Waals surface area contributed by atoms with E-state index in [1.165, 1.54) is 0 Å². The highest BCUT2D eigenvalue weighted by atomic mass is 16.2. The maximum atomic E-state index is 12.2. The minimum Gasteiger partial charge on any atom is -0.352 e. The number of nitrogens with one attached hydrogen (secondary N) is 1. The molecule has 5 heteroatoms. The van der Waals surface area contributed by atoms with Crippen LogP contribution in [0.3, 0.4) is 0 Å². The molecule has 1 aliphatic heterocycles. The van der Waals surface area contributed by atoms with Crippen molar-refractivity contribution in [2.75, 3.05) is 11.4 Å². The van der Waals surface area contributed by atoms with Crippen molar-refractivity contribution in [3.8, 4) is 0 Å². The number of carbonyl (C=O) groups is 1. The van der Waals surface area contributed by atoms with Crippen LogP contribution in [0.15, 0.2) is 12.4 Å². The molecule has 1 aromatic rings. The van der Waals surface area contributed by atoms with Crippen LogP contribution in [0.1, 0.15) is 31.4 Å². The van der Waals surface area contributed by atoms with Crippen LogP contribution in [0.4, 0.5) is 5.82 Å². The molecule has 3 rings (SSSR count). The Bertz CT molecular complexity index is 458. The normalized spacial score (nSPS) is 23.2. The van der Waals surface area contributed by atoms with Gasteiger partial charge in [0.1, 0.15) is 11.9 Å². The summed E-state index contributed by atoms with van der Waals surface area (Å²) in [5, 5.41) is 3.08. The molecule has 96 valence electrons. The van der Waals surface area contributed by atoms with Gasteiger partial charge in [0.05, 0.1) is 11.9 Å². The minimum absolute atomic E-state index is 0.0679. The quantitative estimate of drug-likeness (QED) is 0.865. The van der Waals surface area contributed by atoms with Gasteiger partial charge >= 0.3 is 0 Å². The molecule has 0 spiro atoms. The topological polar surface area (TPSA) is 58.1 Å². The fourth-order valence-corrected chi connectivity index (χ4v) is 2.43. The second-order valence-electron chi connectivity index (χ2n) is 5.15. The standard InChI is InChI=1S/C13H18N4O/c1-9-7-14-8-12(15-9)17-6-2-3-11(17)13(18)16-10-4-5-10/h7-8,10-11H,2-6H2,1H3,(H,16,18). The van der Waals surface area contributed by atoms with Gasteiger partial charge in [-0.1, -0.05) is 0 Å². The zero-order valence-electron chi connectivity index (χ0n) is 10.6. The van der Waals surface area contributed by atoms with E-state index in [0.29, 0.717) is 6.04 Å². The van der Waals surface area contributed by atoms with Gasteiger partial charge in [-0.2, -0.15) is 0 Å². The van der Waals surface area contributed by atoms with Gasteiger partial charge in [-0.25, -0.2) is 4.98 Å². The highest BCUT2D eigenvalue weighted by molar-refractivity contribution is 5.86. The number of anilines is 1. The minimum atomic E-state index is -0.0679. The number of rotatable bonds is 3. The number of carbonyl (C=O) groups excluding carboxylic acids is 1. The summed E-state index contributed by atoms with van der Waals surface area (Å²) in [4.78, 5) is 22.9. The average molecular weight is 246 g/mol. The molecule has 0 bridgehead atoms. The van der Waals surface area contributed by atoms with Crippen molar-refractivity contribution in [1.82, 2.24) is 15.3 Å². The van der Waals surface area contributed by atoms with Gasteiger partial charge in [-0.05, 0) is 32.6 Å². The lowest BCUT2D eigenvalue weighted by molar-refractivity contribution is -0.122. The van der Waals surface area contributed by atoms with Crippen molar-refractivity contribution in [3.63, 3.8) is 0 Å². The number of hydrogen-bond acceptors (Lipinski definition) is 4. The second kappa shape index (κ2) is 4.55. The van der Waals surface area contributed by atoms with Crippen LogP contribution in [-0.2, 0) is 4.79 Å². The Morgan fingerprint density at radius 2 is 2.22 bits per heavy atom. The van der Waals surface area contributed by atoms with Gasteiger partial charge in [0.15, 0.2) is 0 Å². The molecule has 1 unspecified atom stereocenters. The zero-order chi connectivity index (χ0) is 12.5. The first-order valence-corrected chi connectivity index (χ1v) is 6.60. The molecule has 5 nitrogen and oxygen atoms in total. The number of aryl methyl sites for hydroxylation is 1. The molecule has 18 heavy (non-hydrogen) atoms. The molecule has 0 aromatic carbocycles. The maximum absolute atomic E-state index is 12.2. The van der Waals surface area contributed by atoms with Crippen LogP contribution in [0.25, 0.3) is 0 Å². The molecule has 2 fully saturated rings. The fraction of sp³-hybridized carbons (Fsp3) is 0.615. The highest BCUT2D eigenvalue weighted by Gasteiger charge is 2.34. The van der Waals surface area contributed by atoms with Crippen molar-refractivity contribution in [2.24, 2.45) is 0 Å². The van der Waals surface area contributed by atoms with E-state index in [2.05, 4.69) is 20.2 Å². The molecule has 1 atom stereocenters. The van der Waals surface area contributed by atoms with Gasteiger partial charge in [-0.15, -0.1) is 0 Å². The van der Waals surface area contributed by atoms with E-state index in [-0.39, 0.29) is 11.9 Å². The van der Waals surface area contributed by atoms with Gasteiger partial charge in [-0.3, -0.25) is 9.78 Å². The molecule has 2 aliphatic rings. The number of aromatic nitrogens is 2. The van der Waals surface area contributed by atoms with E-state index < -0.39 is 0 Å². The first-order chi connectivity index (χ1) is 8.74. The van der Waals surface area contributed by atoms with Crippen molar-refractivity contribution in [2.45, 2.75) is 44.7 Å². The summed E-state index contributed by atoms with van der Waals surface area (Å²) in [6.45, 7) is 2.81. The van der Waals surface area contributed by atoms with E-state index in [0.717, 1.165) is 43.7 Å². The van der Waals surface area contributed by atoms with Crippen molar-refractivity contribution < 1.29 is 4.79 Å². The number of amides is 1. The summed E-state index contributed by atoms with van der Waals surface area (Å²) in [5.74, 6) is 0.974. The molecule has 1 aromatic heterocycles. The SMILES string of the molecule is Cc1cncc(N2CCCC2C(=O)NC2CC2)n1. The van der Waals surface area contributed by atoms with Crippen LogP contribution < -0.4 is 10.2 Å². The first kappa shape index (κ1) is 11.4. The van der Waals surface area contributed by atoms with Gasteiger partial charge in [0.25, 0.3) is 0 Å². The highest BCUT2D eigenvalue weighted by Crippen LogP contribution is 2.25. The fourth-order valence-electron chi connectivity index (χ4n) is 2.43. The first-order valence-electron chi connectivity index (χ1n) is 6.60. The molecular formula is C13H18N4O. The molecule has 0 radical (unpaired) electrons. The monoisotopic (exact) mass is 246 g/mol. The Balaban J connectivity index is 1.75. The molecule has 1 amide bonds. The summed E-state index contributed by atoms with van der Waals surface area (Å²) >= 11 is 0. The van der Waals surface area contributed by atoms with Crippen molar-refractivity contribution in [1.29, 1.82) is 0 Å². The van der Waals surface area contributed by atoms with E-state index in [9.17, 15) is 4.79 Å². The Morgan fingerprint density at radius 1 is 1.39 bits per heavy atom. The van der Waals surface area contributed by atoms with E-state index in [1.807, 2.05) is 6.92 Å². The van der Waals surface area contributed by atoms with E-state index in [4.69, 9.17) is 0 Å². The zero-order valence-corrected chi connectivity index (χ0v) is 10.6. The lowest BCUT2D eigenvalue weighted by Gasteiger charge is -2.24. The Labute approximate surface area is 107 Å². The third-order valence-electron chi connectivity index (χ3n) is 3.52. The summed E-state index contributed by atoms with van der Waals surface area (Å²) in [6.07, 6.45) is 7.69. The molecular weight excluding hydrogens is 228 g/mol. The van der Waals surface area contributed by atoms with Crippen molar-refractivity contribution >= 4 is 11.7 Å². The third-order valence-corrected chi connectivity index (χ3v) is 3.52. The average Bonchev–Trinajstić information content (AvgIpc) is 3.03. The number of nitrogens with zero attached hydrogens (tertiary/aromatic N) is 3. The molecule has 1 N–H and O–H groups in total. The van der Waals surface area contributed by atoms with Crippen LogP contribution in [-0.4, -0.2) is 34.5 Å². The Morgan fingerprint density at radius 3 is 2.94 bits per heavy atom. The van der Waals surface area contributed by atoms with Gasteiger partial charge < -0.3 is 10.2 Å². The summed E-state index contributed by atoms with van der Waals surface area (Å²) in [5.41, 5.74) is 0.890. The van der Waals surface area contributed by atoms with Gasteiger partial charge in [0, 0.05) is 18.8 Å². The Kier molecular flexibility index (Phi) is 2.89. The maximum Gasteiger partial charge on any atom is 0.242 e. The predicted octanol–water partition coefficient (Wildman–Crippen LogP) is 1.03. The summed E-state index contributed by atoms with van der Waals surface area (Å²) in [7, 11) is 0. The largest absolute Gasteiger partial charge is 0.352 e. The van der Waals surface area contributed by atoms with Crippen LogP contribution in [0.2, 0.25) is 0 Å². The lowest BCUT2D eigenvalue weighted by Crippen LogP contribution is -2.44. The summed E-state index contributed by atoms with van der Waals surface area (Å²) in [6, 6.07) is 0.352. The smallest absolute Gasteiger partial charge is 0.242 e. The van der Waals surface area contributed by atoms with Crippen LogP contribution in [0, 0.1) is 6.92 Å². The third kappa shape index (κ3) is 2.30. The molecule has 1 aliphatic carbocycles. The predicted molar refractivity (Wildman–Crippen MR) is 68.3 cm³/mol. The second-order valence-corrected chi connectivity index (χ2v) is 5.15. The molecule has 2 heterocycles. The van der Waals surface area contributed by atoms with Crippen LogP contribution >= 0.6 is 0 Å². The number of hydrogen-bond donors (Lipinski definition) is 1. The van der Waals surface area contributed by atoms with Crippen LogP contribution in [0.5, 0.6) is 0 Å². The van der Waals surface area contributed by atoms with Crippen molar-refractivity contribution in [3.05, 3.63) is 18.1 Å². The molecule has 1 saturated heterocycles. The van der Waals surface area contributed by atoms with Gasteiger partial charge in [0.2, 0.25) is 5.91 Å². The van der Waals surface area contributed by atoms with E-state index in [1.54, 1.807) is 12.4 Å².